The normalized spacial score (nSPS) is 19.4. The zero-order valence-electron chi connectivity index (χ0n) is 13.4. The molecule has 1 saturated heterocycles. The van der Waals surface area contributed by atoms with Gasteiger partial charge in [-0.1, -0.05) is 40.0 Å². The molecule has 0 aliphatic carbocycles. The van der Waals surface area contributed by atoms with Gasteiger partial charge in [-0.15, -0.1) is 0 Å². The number of thioether (sulfide) groups is 1. The van der Waals surface area contributed by atoms with Crippen molar-refractivity contribution in [3.63, 3.8) is 0 Å². The predicted molar refractivity (Wildman–Crippen MR) is 86.8 cm³/mol. The van der Waals surface area contributed by atoms with Crippen molar-refractivity contribution in [3.05, 3.63) is 0 Å². The molecule has 1 fully saturated rings. The van der Waals surface area contributed by atoms with Crippen molar-refractivity contribution in [2.45, 2.75) is 52.5 Å². The molecule has 5 nitrogen and oxygen atoms in total. The van der Waals surface area contributed by atoms with Crippen LogP contribution in [0.5, 0.6) is 0 Å². The molecule has 122 valence electrons. The molecule has 1 unspecified atom stereocenters. The standard InChI is InChI=1S/C15H28N2O3S/c1-4-5-6-7-15(2,3)11-16-14(20)17-8-9-21-10-12(17)13(18)19/h12H,4-11H2,1-3H3,(H,16,20)(H,18,19). The van der Waals surface area contributed by atoms with E-state index in [1.54, 1.807) is 11.8 Å². The number of hydrogen-bond acceptors (Lipinski definition) is 3. The van der Waals surface area contributed by atoms with Gasteiger partial charge in [-0.2, -0.15) is 11.8 Å². The first-order valence-corrected chi connectivity index (χ1v) is 8.88. The van der Waals surface area contributed by atoms with E-state index in [-0.39, 0.29) is 11.4 Å². The molecule has 1 atom stereocenters. The van der Waals surface area contributed by atoms with Gasteiger partial charge in [-0.05, 0) is 11.8 Å². The quantitative estimate of drug-likeness (QED) is 0.709. The van der Waals surface area contributed by atoms with Crippen LogP contribution in [0.15, 0.2) is 0 Å². The number of nitrogens with zero attached hydrogens (tertiary/aromatic N) is 1. The third kappa shape index (κ3) is 6.16. The Morgan fingerprint density at radius 1 is 1.38 bits per heavy atom. The van der Waals surface area contributed by atoms with Crippen LogP contribution in [0.3, 0.4) is 0 Å². The van der Waals surface area contributed by atoms with Crippen LogP contribution in [0, 0.1) is 5.41 Å². The van der Waals surface area contributed by atoms with Crippen LogP contribution in [0.4, 0.5) is 4.79 Å². The van der Waals surface area contributed by atoms with Crippen molar-refractivity contribution in [1.82, 2.24) is 10.2 Å². The summed E-state index contributed by atoms with van der Waals surface area (Å²) in [6, 6.07) is -0.946. The highest BCUT2D eigenvalue weighted by Crippen LogP contribution is 2.23. The zero-order chi connectivity index (χ0) is 15.9. The van der Waals surface area contributed by atoms with Crippen LogP contribution in [0.25, 0.3) is 0 Å². The third-order valence-electron chi connectivity index (χ3n) is 3.85. The lowest BCUT2D eigenvalue weighted by atomic mass is 9.87. The fraction of sp³-hybridized carbons (Fsp3) is 0.867. The first-order valence-electron chi connectivity index (χ1n) is 7.72. The summed E-state index contributed by atoms with van der Waals surface area (Å²) >= 11 is 1.59. The molecule has 1 heterocycles. The van der Waals surface area contributed by atoms with E-state index in [0.29, 0.717) is 18.8 Å². The summed E-state index contributed by atoms with van der Waals surface area (Å²) < 4.78 is 0. The number of nitrogens with one attached hydrogen (secondary N) is 1. The summed E-state index contributed by atoms with van der Waals surface area (Å²) in [5, 5.41) is 12.1. The Kier molecular flexibility index (Phi) is 7.35. The van der Waals surface area contributed by atoms with E-state index in [1.165, 1.54) is 17.7 Å². The number of carboxylic acid groups (broad SMARTS) is 1. The van der Waals surface area contributed by atoms with Gasteiger partial charge in [0, 0.05) is 24.6 Å². The molecule has 0 spiro atoms. The van der Waals surface area contributed by atoms with Crippen molar-refractivity contribution in [1.29, 1.82) is 0 Å². The molecule has 0 radical (unpaired) electrons. The molecule has 2 N–H and O–H groups in total. The van der Waals surface area contributed by atoms with E-state index in [4.69, 9.17) is 0 Å². The number of amides is 2. The Balaban J connectivity index is 2.46. The van der Waals surface area contributed by atoms with Crippen LogP contribution >= 0.6 is 11.8 Å². The van der Waals surface area contributed by atoms with Crippen molar-refractivity contribution in [3.8, 4) is 0 Å². The van der Waals surface area contributed by atoms with Gasteiger partial charge in [0.1, 0.15) is 6.04 Å². The van der Waals surface area contributed by atoms with Gasteiger partial charge in [0.25, 0.3) is 0 Å². The second-order valence-corrected chi connectivity index (χ2v) is 7.55. The fourth-order valence-electron chi connectivity index (χ4n) is 2.41. The highest BCUT2D eigenvalue weighted by atomic mass is 32.2. The second-order valence-electron chi connectivity index (χ2n) is 6.40. The van der Waals surface area contributed by atoms with E-state index in [2.05, 4.69) is 26.1 Å². The van der Waals surface area contributed by atoms with Crippen LogP contribution < -0.4 is 5.32 Å². The van der Waals surface area contributed by atoms with Gasteiger partial charge in [-0.3, -0.25) is 0 Å². The van der Waals surface area contributed by atoms with Gasteiger partial charge in [0.05, 0.1) is 0 Å². The van der Waals surface area contributed by atoms with Gasteiger partial charge in [0.15, 0.2) is 0 Å². The second kappa shape index (κ2) is 8.51. The summed E-state index contributed by atoms with van der Waals surface area (Å²) in [7, 11) is 0. The lowest BCUT2D eigenvalue weighted by molar-refractivity contribution is -0.141. The summed E-state index contributed by atoms with van der Waals surface area (Å²) in [5.74, 6) is 0.360. The summed E-state index contributed by atoms with van der Waals surface area (Å²) in [4.78, 5) is 24.9. The van der Waals surface area contributed by atoms with E-state index < -0.39 is 12.0 Å². The maximum Gasteiger partial charge on any atom is 0.327 e. The first kappa shape index (κ1) is 18.1. The van der Waals surface area contributed by atoms with Crippen LogP contribution in [-0.4, -0.2) is 52.6 Å². The Labute approximate surface area is 131 Å². The molecule has 2 amide bonds. The number of carbonyl (C=O) groups is 2. The summed E-state index contributed by atoms with van der Waals surface area (Å²) in [6.45, 7) is 7.55. The molecule has 0 bridgehead atoms. The predicted octanol–water partition coefficient (Wildman–Crippen LogP) is 2.80. The highest BCUT2D eigenvalue weighted by molar-refractivity contribution is 7.99. The van der Waals surface area contributed by atoms with Gasteiger partial charge < -0.3 is 15.3 Å². The van der Waals surface area contributed by atoms with Gasteiger partial charge in [-0.25, -0.2) is 9.59 Å². The molecular formula is C15H28N2O3S. The molecule has 6 heteroatoms. The number of urea groups is 1. The smallest absolute Gasteiger partial charge is 0.327 e. The number of carbonyl (C=O) groups excluding carboxylic acids is 1. The monoisotopic (exact) mass is 316 g/mol. The van der Waals surface area contributed by atoms with E-state index in [1.807, 2.05) is 0 Å². The van der Waals surface area contributed by atoms with E-state index >= 15 is 0 Å². The van der Waals surface area contributed by atoms with E-state index in [0.717, 1.165) is 18.6 Å². The number of rotatable bonds is 7. The Hall–Kier alpha value is -0.910. The molecule has 21 heavy (non-hydrogen) atoms. The van der Waals surface area contributed by atoms with Crippen LogP contribution in [0.1, 0.15) is 46.5 Å². The lowest BCUT2D eigenvalue weighted by Gasteiger charge is -2.34. The summed E-state index contributed by atoms with van der Waals surface area (Å²) in [6.07, 6.45) is 4.63. The Bertz CT molecular complexity index is 361. The minimum atomic E-state index is -0.917. The number of carboxylic acids is 1. The number of unbranched alkanes of at least 4 members (excludes halogenated alkanes) is 2. The molecular weight excluding hydrogens is 288 g/mol. The maximum absolute atomic E-state index is 12.2. The average Bonchev–Trinajstić information content (AvgIpc) is 2.45. The third-order valence-corrected chi connectivity index (χ3v) is 4.87. The van der Waals surface area contributed by atoms with Crippen molar-refractivity contribution < 1.29 is 14.7 Å². The Morgan fingerprint density at radius 2 is 2.10 bits per heavy atom. The maximum atomic E-state index is 12.2. The van der Waals surface area contributed by atoms with E-state index in [9.17, 15) is 14.7 Å². The molecule has 0 aromatic carbocycles. The van der Waals surface area contributed by atoms with Gasteiger partial charge in [0.2, 0.25) is 0 Å². The molecule has 1 rings (SSSR count). The lowest BCUT2D eigenvalue weighted by Crippen LogP contribution is -2.54. The van der Waals surface area contributed by atoms with Crippen molar-refractivity contribution >= 4 is 23.8 Å². The summed E-state index contributed by atoms with van der Waals surface area (Å²) in [5.41, 5.74) is 0.0497. The molecule has 0 aromatic heterocycles. The largest absolute Gasteiger partial charge is 0.480 e. The topological polar surface area (TPSA) is 69.6 Å². The zero-order valence-corrected chi connectivity index (χ0v) is 14.2. The first-order chi connectivity index (χ1) is 9.87. The molecule has 0 saturated carbocycles. The number of hydrogen-bond donors (Lipinski definition) is 2. The fourth-order valence-corrected chi connectivity index (χ4v) is 3.45. The van der Waals surface area contributed by atoms with Crippen LogP contribution in [-0.2, 0) is 4.79 Å². The SMILES string of the molecule is CCCCCC(C)(C)CNC(=O)N1CCSCC1C(=O)O. The minimum Gasteiger partial charge on any atom is -0.480 e. The van der Waals surface area contributed by atoms with Crippen molar-refractivity contribution in [2.24, 2.45) is 5.41 Å². The minimum absolute atomic E-state index is 0.0497. The van der Waals surface area contributed by atoms with Gasteiger partial charge >= 0.3 is 12.0 Å². The number of aliphatic carboxylic acids is 1. The molecule has 1 aliphatic heterocycles. The Morgan fingerprint density at radius 3 is 2.71 bits per heavy atom. The average molecular weight is 316 g/mol. The molecule has 0 aromatic rings. The van der Waals surface area contributed by atoms with Crippen molar-refractivity contribution in [2.75, 3.05) is 24.6 Å². The highest BCUT2D eigenvalue weighted by Gasteiger charge is 2.32. The molecule has 1 aliphatic rings. The van der Waals surface area contributed by atoms with Crippen LogP contribution in [0.2, 0.25) is 0 Å².